The van der Waals surface area contributed by atoms with Crippen molar-refractivity contribution in [3.05, 3.63) is 63.0 Å². The van der Waals surface area contributed by atoms with Gasteiger partial charge in [0.1, 0.15) is 0 Å². The molecule has 2 heterocycles. The Morgan fingerprint density at radius 3 is 2.84 bits per heavy atom. The number of amidine groups is 1. The molecule has 0 aliphatic carbocycles. The largest absolute Gasteiger partial charge is 0.366 e. The molecule has 2 aromatic carbocycles. The third-order valence-corrected chi connectivity index (χ3v) is 7.46. The van der Waals surface area contributed by atoms with Gasteiger partial charge < -0.3 is 10.2 Å². The van der Waals surface area contributed by atoms with Gasteiger partial charge in [0.15, 0.2) is 5.17 Å². The molecule has 0 spiro atoms. The van der Waals surface area contributed by atoms with E-state index >= 15 is 0 Å². The molecule has 1 amide bonds. The number of halogens is 1. The lowest BCUT2D eigenvalue weighted by molar-refractivity contribution is -0.115. The van der Waals surface area contributed by atoms with E-state index in [0.29, 0.717) is 21.0 Å². The Bertz CT molecular complexity index is 1110. The summed E-state index contributed by atoms with van der Waals surface area (Å²) < 4.78 is 0. The minimum atomic E-state index is -0.120. The Kier molecular flexibility index (Phi) is 5.93. The van der Waals surface area contributed by atoms with Gasteiger partial charge in [-0.25, -0.2) is 4.99 Å². The van der Waals surface area contributed by atoms with Crippen LogP contribution in [0.1, 0.15) is 56.7 Å². The number of rotatable bonds is 3. The molecule has 0 aromatic heterocycles. The Morgan fingerprint density at radius 2 is 2.10 bits per heavy atom. The summed E-state index contributed by atoms with van der Waals surface area (Å²) in [7, 11) is 0. The monoisotopic (exact) mass is 453 g/mol. The summed E-state index contributed by atoms with van der Waals surface area (Å²) in [5.74, 6) is 0.352. The van der Waals surface area contributed by atoms with Crippen LogP contribution in [-0.4, -0.2) is 23.2 Å². The molecule has 0 bridgehead atoms. The van der Waals surface area contributed by atoms with Gasteiger partial charge in [-0.15, -0.1) is 0 Å². The maximum atomic E-state index is 12.6. The summed E-state index contributed by atoms with van der Waals surface area (Å²) in [5, 5.41) is 4.11. The van der Waals surface area contributed by atoms with Crippen LogP contribution in [-0.2, 0) is 4.79 Å². The van der Waals surface area contributed by atoms with E-state index in [9.17, 15) is 4.79 Å². The third-order valence-electron chi connectivity index (χ3n) is 6.14. The summed E-state index contributed by atoms with van der Waals surface area (Å²) in [6, 6.07) is 12.1. The van der Waals surface area contributed by atoms with Crippen molar-refractivity contribution in [2.45, 2.75) is 52.5 Å². The summed E-state index contributed by atoms with van der Waals surface area (Å²) in [6.07, 6.45) is 3.06. The van der Waals surface area contributed by atoms with Crippen molar-refractivity contribution >= 4 is 51.9 Å². The van der Waals surface area contributed by atoms with Gasteiger partial charge in [0.2, 0.25) is 0 Å². The number of aliphatic imine (C=N–C) groups is 1. The number of nitrogens with zero attached hydrogens (tertiary/aromatic N) is 2. The SMILES string of the molecule is CCN1c2ccc(/C=C3\SC(=Nc4cccc(Cl)c4C)NC3=O)cc2C(C)CC1(C)C. The first-order valence-corrected chi connectivity index (χ1v) is 11.9. The lowest BCUT2D eigenvalue weighted by Crippen LogP contribution is -2.48. The second-order valence-corrected chi connectivity index (χ2v) is 10.3. The number of nitrogens with one attached hydrogen (secondary N) is 1. The van der Waals surface area contributed by atoms with E-state index in [4.69, 9.17) is 11.6 Å². The van der Waals surface area contributed by atoms with Gasteiger partial charge in [-0.1, -0.05) is 30.7 Å². The number of amides is 1. The van der Waals surface area contributed by atoms with Crippen LogP contribution in [0, 0.1) is 6.92 Å². The minimum Gasteiger partial charge on any atom is -0.366 e. The zero-order valence-corrected chi connectivity index (χ0v) is 20.2. The topological polar surface area (TPSA) is 44.7 Å². The predicted octanol–water partition coefficient (Wildman–Crippen LogP) is 6.65. The zero-order valence-electron chi connectivity index (χ0n) is 18.6. The normalized spacial score (nSPS) is 22.7. The van der Waals surface area contributed by atoms with Crippen LogP contribution < -0.4 is 10.2 Å². The zero-order chi connectivity index (χ0) is 22.3. The molecule has 2 aliphatic heterocycles. The van der Waals surface area contributed by atoms with Gasteiger partial charge >= 0.3 is 0 Å². The number of anilines is 1. The Morgan fingerprint density at radius 1 is 1.32 bits per heavy atom. The lowest BCUT2D eigenvalue weighted by atomic mass is 9.79. The van der Waals surface area contributed by atoms with Gasteiger partial charge in [0, 0.05) is 22.8 Å². The number of carbonyl (C=O) groups is 1. The van der Waals surface area contributed by atoms with E-state index in [2.05, 4.69) is 61.1 Å². The first kappa shape index (κ1) is 22.0. The van der Waals surface area contributed by atoms with Crippen LogP contribution >= 0.6 is 23.4 Å². The second kappa shape index (κ2) is 8.36. The van der Waals surface area contributed by atoms with Crippen LogP contribution in [0.5, 0.6) is 0 Å². The number of benzene rings is 2. The third kappa shape index (κ3) is 4.26. The molecule has 2 aliphatic rings. The van der Waals surface area contributed by atoms with E-state index in [1.165, 1.54) is 23.0 Å². The van der Waals surface area contributed by atoms with Crippen molar-refractivity contribution in [1.29, 1.82) is 0 Å². The van der Waals surface area contributed by atoms with E-state index in [1.54, 1.807) is 0 Å². The summed E-state index contributed by atoms with van der Waals surface area (Å²) in [6.45, 7) is 12.0. The molecule has 1 atom stereocenters. The number of fused-ring (bicyclic) bond motifs is 1. The molecular weight excluding hydrogens is 426 g/mol. The smallest absolute Gasteiger partial charge is 0.264 e. The molecule has 1 N–H and O–H groups in total. The summed E-state index contributed by atoms with van der Waals surface area (Å²) >= 11 is 7.56. The standard InChI is InChI=1S/C25H28ClN3OS/c1-6-29-21-11-10-17(12-18(21)15(2)14-25(29,4)5)13-22-23(30)28-24(31-22)27-20-9-7-8-19(26)16(20)3/h7-13,15H,6,14H2,1-5H3,(H,27,28,30)/b22-13-. The molecular formula is C25H28ClN3OS. The van der Waals surface area contributed by atoms with E-state index in [-0.39, 0.29) is 11.4 Å². The van der Waals surface area contributed by atoms with Gasteiger partial charge in [0.05, 0.1) is 10.6 Å². The Labute approximate surface area is 193 Å². The fraction of sp³-hybridized carbons (Fsp3) is 0.360. The van der Waals surface area contributed by atoms with E-state index in [1.807, 2.05) is 31.2 Å². The molecule has 31 heavy (non-hydrogen) atoms. The van der Waals surface area contributed by atoms with Crippen LogP contribution in [0.2, 0.25) is 5.02 Å². The quantitative estimate of drug-likeness (QED) is 0.529. The van der Waals surface area contributed by atoms with Crippen molar-refractivity contribution in [3.8, 4) is 0 Å². The van der Waals surface area contributed by atoms with Crippen LogP contribution in [0.25, 0.3) is 6.08 Å². The minimum absolute atomic E-state index is 0.120. The molecule has 4 nitrogen and oxygen atoms in total. The second-order valence-electron chi connectivity index (χ2n) is 8.85. The van der Waals surface area contributed by atoms with Gasteiger partial charge in [0.25, 0.3) is 5.91 Å². The van der Waals surface area contributed by atoms with E-state index in [0.717, 1.165) is 29.8 Å². The molecule has 4 rings (SSSR count). The highest BCUT2D eigenvalue weighted by molar-refractivity contribution is 8.18. The molecule has 162 valence electrons. The van der Waals surface area contributed by atoms with Crippen LogP contribution in [0.3, 0.4) is 0 Å². The summed E-state index contributed by atoms with van der Waals surface area (Å²) in [5.41, 5.74) is 5.50. The van der Waals surface area contributed by atoms with Gasteiger partial charge in [-0.2, -0.15) is 0 Å². The Hall–Kier alpha value is -2.24. The van der Waals surface area contributed by atoms with Crippen molar-refractivity contribution in [1.82, 2.24) is 5.32 Å². The first-order valence-electron chi connectivity index (χ1n) is 10.7. The molecule has 1 saturated heterocycles. The molecule has 6 heteroatoms. The maximum Gasteiger partial charge on any atom is 0.264 e. The maximum absolute atomic E-state index is 12.6. The van der Waals surface area contributed by atoms with E-state index < -0.39 is 0 Å². The highest BCUT2D eigenvalue weighted by Gasteiger charge is 2.35. The number of thioether (sulfide) groups is 1. The van der Waals surface area contributed by atoms with Gasteiger partial charge in [-0.3, -0.25) is 4.79 Å². The van der Waals surface area contributed by atoms with Crippen molar-refractivity contribution in [2.75, 3.05) is 11.4 Å². The van der Waals surface area contributed by atoms with Crippen molar-refractivity contribution in [3.63, 3.8) is 0 Å². The van der Waals surface area contributed by atoms with Crippen molar-refractivity contribution in [2.24, 2.45) is 4.99 Å². The Balaban J connectivity index is 1.62. The van der Waals surface area contributed by atoms with Crippen molar-refractivity contribution < 1.29 is 4.79 Å². The highest BCUT2D eigenvalue weighted by atomic mass is 35.5. The average Bonchev–Trinajstić information content (AvgIpc) is 3.04. The predicted molar refractivity (Wildman–Crippen MR) is 134 cm³/mol. The fourth-order valence-corrected chi connectivity index (χ4v) is 5.66. The average molecular weight is 454 g/mol. The molecule has 2 aromatic rings. The molecule has 1 fully saturated rings. The molecule has 0 radical (unpaired) electrons. The first-order chi connectivity index (χ1) is 14.7. The number of hydrogen-bond acceptors (Lipinski definition) is 4. The van der Waals surface area contributed by atoms with Crippen LogP contribution in [0.4, 0.5) is 11.4 Å². The number of carbonyl (C=O) groups excluding carboxylic acids is 1. The molecule has 1 unspecified atom stereocenters. The highest BCUT2D eigenvalue weighted by Crippen LogP contribution is 2.43. The fourth-order valence-electron chi connectivity index (χ4n) is 4.66. The summed E-state index contributed by atoms with van der Waals surface area (Å²) in [4.78, 5) is 20.3. The van der Waals surface area contributed by atoms with Crippen LogP contribution in [0.15, 0.2) is 46.3 Å². The number of hydrogen-bond donors (Lipinski definition) is 1. The molecule has 0 saturated carbocycles. The lowest BCUT2D eigenvalue weighted by Gasteiger charge is -2.47. The van der Waals surface area contributed by atoms with Gasteiger partial charge in [-0.05, 0) is 98.8 Å².